The van der Waals surface area contributed by atoms with Crippen molar-refractivity contribution >= 4 is 23.2 Å². The van der Waals surface area contributed by atoms with E-state index in [1.807, 2.05) is 55.0 Å². The van der Waals surface area contributed by atoms with E-state index >= 15 is 0 Å². The molecule has 27 heavy (non-hydrogen) atoms. The summed E-state index contributed by atoms with van der Waals surface area (Å²) in [5.41, 5.74) is 1.94. The minimum absolute atomic E-state index is 0.132. The Labute approximate surface area is 162 Å². The maximum Gasteiger partial charge on any atom is 0.262 e. The number of hydrogen-bond acceptors (Lipinski definition) is 4. The van der Waals surface area contributed by atoms with Crippen LogP contribution in [0.3, 0.4) is 0 Å². The Balaban J connectivity index is 1.74. The van der Waals surface area contributed by atoms with Crippen LogP contribution >= 0.6 is 11.3 Å². The molecule has 3 aromatic rings. The van der Waals surface area contributed by atoms with Crippen LogP contribution < -0.4 is 5.32 Å². The van der Waals surface area contributed by atoms with Crippen LogP contribution in [0.1, 0.15) is 20.8 Å². The Kier molecular flexibility index (Phi) is 6.03. The molecule has 0 fully saturated rings. The van der Waals surface area contributed by atoms with Crippen molar-refractivity contribution in [2.24, 2.45) is 7.05 Å². The van der Waals surface area contributed by atoms with Gasteiger partial charge in [-0.3, -0.25) is 14.3 Å². The summed E-state index contributed by atoms with van der Waals surface area (Å²) in [6, 6.07) is 12.6. The lowest BCUT2D eigenvalue weighted by atomic mass is 10.0. The predicted molar refractivity (Wildman–Crippen MR) is 105 cm³/mol. The molecule has 0 radical (unpaired) electrons. The van der Waals surface area contributed by atoms with E-state index < -0.39 is 6.04 Å². The van der Waals surface area contributed by atoms with Gasteiger partial charge in [-0.05, 0) is 17.0 Å². The topological polar surface area (TPSA) is 67.2 Å². The van der Waals surface area contributed by atoms with Gasteiger partial charge in [-0.2, -0.15) is 5.10 Å². The van der Waals surface area contributed by atoms with Crippen LogP contribution in [0.2, 0.25) is 0 Å². The van der Waals surface area contributed by atoms with Gasteiger partial charge in [0.2, 0.25) is 5.91 Å². The first-order valence-electron chi connectivity index (χ1n) is 8.63. The molecule has 1 unspecified atom stereocenters. The van der Waals surface area contributed by atoms with Crippen molar-refractivity contribution in [3.63, 3.8) is 0 Å². The van der Waals surface area contributed by atoms with E-state index in [-0.39, 0.29) is 11.8 Å². The molecule has 140 valence electrons. The molecule has 0 saturated heterocycles. The quantitative estimate of drug-likeness (QED) is 0.683. The second-order valence-electron chi connectivity index (χ2n) is 6.41. The largest absolute Gasteiger partial charge is 0.340 e. The lowest BCUT2D eigenvalue weighted by Crippen LogP contribution is -2.48. The van der Waals surface area contributed by atoms with Gasteiger partial charge in [0, 0.05) is 38.8 Å². The molecule has 2 heterocycles. The van der Waals surface area contributed by atoms with E-state index in [4.69, 9.17) is 0 Å². The Morgan fingerprint density at radius 1 is 1.19 bits per heavy atom. The first kappa shape index (κ1) is 18.8. The standard InChI is InChI=1S/C20H22N4O2S/c1-23(13-16-12-21-24(2)14-16)20(26)17(11-15-7-4-3-5-8-15)22-19(25)18-9-6-10-27-18/h3-10,12,14,17H,11,13H2,1-2H3,(H,22,25). The van der Waals surface area contributed by atoms with Gasteiger partial charge in [0.05, 0.1) is 11.1 Å². The number of likely N-dealkylation sites (N-methyl/N-ethyl adjacent to an activating group) is 1. The number of amides is 2. The normalized spacial score (nSPS) is 11.8. The summed E-state index contributed by atoms with van der Waals surface area (Å²) in [7, 11) is 3.58. The Bertz CT molecular complexity index is 890. The van der Waals surface area contributed by atoms with Crippen LogP contribution in [0.15, 0.2) is 60.2 Å². The first-order valence-corrected chi connectivity index (χ1v) is 9.51. The lowest BCUT2D eigenvalue weighted by Gasteiger charge is -2.24. The first-order chi connectivity index (χ1) is 13.0. The molecule has 1 atom stereocenters. The SMILES string of the molecule is CN(Cc1cnn(C)c1)C(=O)C(Cc1ccccc1)NC(=O)c1cccs1. The van der Waals surface area contributed by atoms with Crippen LogP contribution in [0.4, 0.5) is 0 Å². The average molecular weight is 382 g/mol. The average Bonchev–Trinajstić information content (AvgIpc) is 3.33. The molecule has 2 aromatic heterocycles. The third kappa shape index (κ3) is 5.04. The minimum Gasteiger partial charge on any atom is -0.340 e. The minimum atomic E-state index is -0.635. The number of rotatable bonds is 7. The van der Waals surface area contributed by atoms with E-state index in [1.54, 1.807) is 28.9 Å². The third-order valence-corrected chi connectivity index (χ3v) is 5.05. The van der Waals surface area contributed by atoms with E-state index in [0.29, 0.717) is 17.8 Å². The number of nitrogens with zero attached hydrogens (tertiary/aromatic N) is 3. The van der Waals surface area contributed by atoms with Gasteiger partial charge in [0.15, 0.2) is 0 Å². The summed E-state index contributed by atoms with van der Waals surface area (Å²) in [6.45, 7) is 0.437. The highest BCUT2D eigenvalue weighted by Crippen LogP contribution is 2.12. The van der Waals surface area contributed by atoms with Crippen LogP contribution in [-0.2, 0) is 24.8 Å². The van der Waals surface area contributed by atoms with E-state index in [9.17, 15) is 9.59 Å². The zero-order chi connectivity index (χ0) is 19.2. The summed E-state index contributed by atoms with van der Waals surface area (Å²) in [5, 5.41) is 8.88. The zero-order valence-electron chi connectivity index (χ0n) is 15.3. The fraction of sp³-hybridized carbons (Fsp3) is 0.250. The third-order valence-electron chi connectivity index (χ3n) is 4.19. The van der Waals surface area contributed by atoms with E-state index in [0.717, 1.165) is 11.1 Å². The van der Waals surface area contributed by atoms with Crippen molar-refractivity contribution in [1.82, 2.24) is 20.0 Å². The molecule has 2 amide bonds. The summed E-state index contributed by atoms with van der Waals surface area (Å²) in [6.07, 6.45) is 4.05. The number of nitrogens with one attached hydrogen (secondary N) is 1. The molecule has 6 nitrogen and oxygen atoms in total. The second-order valence-corrected chi connectivity index (χ2v) is 7.36. The molecule has 0 aliphatic carbocycles. The summed E-state index contributed by atoms with van der Waals surface area (Å²) >= 11 is 1.36. The molecule has 0 aliphatic heterocycles. The Morgan fingerprint density at radius 3 is 2.59 bits per heavy atom. The lowest BCUT2D eigenvalue weighted by molar-refractivity contribution is -0.132. The van der Waals surface area contributed by atoms with Crippen molar-refractivity contribution in [2.75, 3.05) is 7.05 Å². The highest BCUT2D eigenvalue weighted by Gasteiger charge is 2.25. The van der Waals surface area contributed by atoms with Gasteiger partial charge >= 0.3 is 0 Å². The molecule has 0 aliphatic rings. The molecule has 7 heteroatoms. The molecule has 0 spiro atoms. The summed E-state index contributed by atoms with van der Waals surface area (Å²) < 4.78 is 1.70. The predicted octanol–water partition coefficient (Wildman–Crippen LogP) is 2.48. The van der Waals surface area contributed by atoms with Crippen molar-refractivity contribution in [1.29, 1.82) is 0 Å². The molecule has 1 aromatic carbocycles. The zero-order valence-corrected chi connectivity index (χ0v) is 16.1. The summed E-state index contributed by atoms with van der Waals surface area (Å²) in [4.78, 5) is 27.8. The highest BCUT2D eigenvalue weighted by molar-refractivity contribution is 7.12. The van der Waals surface area contributed by atoms with Crippen LogP contribution in [-0.4, -0.2) is 39.6 Å². The van der Waals surface area contributed by atoms with Crippen molar-refractivity contribution in [3.05, 3.63) is 76.2 Å². The monoisotopic (exact) mass is 382 g/mol. The van der Waals surface area contributed by atoms with Gasteiger partial charge in [-0.1, -0.05) is 36.4 Å². The molecule has 1 N–H and O–H groups in total. The number of thiophene rings is 1. The fourth-order valence-electron chi connectivity index (χ4n) is 2.86. The van der Waals surface area contributed by atoms with Gasteiger partial charge < -0.3 is 10.2 Å². The van der Waals surface area contributed by atoms with Crippen LogP contribution in [0, 0.1) is 0 Å². The molecular formula is C20H22N4O2S. The number of aromatic nitrogens is 2. The van der Waals surface area contributed by atoms with Crippen LogP contribution in [0.25, 0.3) is 0 Å². The van der Waals surface area contributed by atoms with E-state index in [2.05, 4.69) is 10.4 Å². The van der Waals surface area contributed by atoms with Gasteiger partial charge in [0.1, 0.15) is 6.04 Å². The number of hydrogen-bond donors (Lipinski definition) is 1. The highest BCUT2D eigenvalue weighted by atomic mass is 32.1. The molecule has 0 saturated carbocycles. The molecule has 3 rings (SSSR count). The second kappa shape index (κ2) is 8.64. The van der Waals surface area contributed by atoms with Gasteiger partial charge in [-0.25, -0.2) is 0 Å². The smallest absolute Gasteiger partial charge is 0.262 e. The number of aryl methyl sites for hydroxylation is 1. The molecule has 0 bridgehead atoms. The maximum absolute atomic E-state index is 13.1. The number of carbonyl (C=O) groups excluding carboxylic acids is 2. The van der Waals surface area contributed by atoms with Crippen molar-refractivity contribution in [2.45, 2.75) is 19.0 Å². The number of benzene rings is 1. The Hall–Kier alpha value is -2.93. The maximum atomic E-state index is 13.1. The van der Waals surface area contributed by atoms with Gasteiger partial charge in [-0.15, -0.1) is 11.3 Å². The van der Waals surface area contributed by atoms with E-state index in [1.165, 1.54) is 11.3 Å². The Morgan fingerprint density at radius 2 is 1.96 bits per heavy atom. The molecular weight excluding hydrogens is 360 g/mol. The van der Waals surface area contributed by atoms with Crippen LogP contribution in [0.5, 0.6) is 0 Å². The van der Waals surface area contributed by atoms with Crippen molar-refractivity contribution < 1.29 is 9.59 Å². The van der Waals surface area contributed by atoms with Crippen molar-refractivity contribution in [3.8, 4) is 0 Å². The fourth-order valence-corrected chi connectivity index (χ4v) is 3.49. The van der Waals surface area contributed by atoms with Gasteiger partial charge in [0.25, 0.3) is 5.91 Å². The number of carbonyl (C=O) groups is 2. The summed E-state index contributed by atoms with van der Waals surface area (Å²) in [5.74, 6) is -0.360.